The third-order valence-corrected chi connectivity index (χ3v) is 5.70. The third-order valence-electron chi connectivity index (χ3n) is 5.45. The zero-order valence-corrected chi connectivity index (χ0v) is 16.4. The van der Waals surface area contributed by atoms with Gasteiger partial charge < -0.3 is 9.67 Å². The Bertz CT molecular complexity index is 947. The van der Waals surface area contributed by atoms with E-state index in [1.165, 1.54) is 0 Å². The summed E-state index contributed by atoms with van der Waals surface area (Å²) < 4.78 is 40.6. The topological polar surface area (TPSA) is 41.3 Å². The van der Waals surface area contributed by atoms with Gasteiger partial charge in [-0.05, 0) is 48.7 Å². The van der Waals surface area contributed by atoms with Crippen LogP contribution in [0.5, 0.6) is 0 Å². The number of piperidine rings is 1. The molecule has 0 amide bonds. The van der Waals surface area contributed by atoms with Crippen molar-refractivity contribution in [1.82, 2.24) is 14.5 Å². The van der Waals surface area contributed by atoms with Gasteiger partial charge >= 0.3 is 6.18 Å². The van der Waals surface area contributed by atoms with E-state index >= 15 is 0 Å². The molecule has 1 aromatic carbocycles. The monoisotopic (exact) mass is 423 g/mol. The maximum Gasteiger partial charge on any atom is 0.433 e. The molecule has 1 aromatic rings. The molecule has 1 fully saturated rings. The van der Waals surface area contributed by atoms with Gasteiger partial charge in [-0.25, -0.2) is 4.98 Å². The molecular formula is C21H21ClF3N3O. The summed E-state index contributed by atoms with van der Waals surface area (Å²) in [6.07, 6.45) is -1.73. The van der Waals surface area contributed by atoms with Crippen molar-refractivity contribution in [3.05, 3.63) is 64.9 Å². The lowest BCUT2D eigenvalue weighted by Crippen LogP contribution is -2.46. The predicted octanol–water partition coefficient (Wildman–Crippen LogP) is 4.69. The quantitative estimate of drug-likeness (QED) is 0.662. The molecule has 0 bridgehead atoms. The summed E-state index contributed by atoms with van der Waals surface area (Å²) in [5, 5.41) is 11.8. The molecule has 8 heteroatoms. The van der Waals surface area contributed by atoms with E-state index in [1.54, 1.807) is 22.9 Å². The molecule has 0 spiro atoms. The van der Waals surface area contributed by atoms with Gasteiger partial charge in [0.05, 0.1) is 12.1 Å². The molecule has 154 valence electrons. The number of alkyl halides is 3. The highest BCUT2D eigenvalue weighted by molar-refractivity contribution is 6.30. The van der Waals surface area contributed by atoms with Crippen LogP contribution < -0.4 is 0 Å². The Kier molecular flexibility index (Phi) is 5.31. The number of pyridine rings is 1. The van der Waals surface area contributed by atoms with Crippen LogP contribution in [-0.4, -0.2) is 38.2 Å². The van der Waals surface area contributed by atoms with Crippen molar-refractivity contribution in [3.63, 3.8) is 0 Å². The highest BCUT2D eigenvalue weighted by Crippen LogP contribution is 2.35. The van der Waals surface area contributed by atoms with E-state index < -0.39 is 17.5 Å². The minimum atomic E-state index is -4.49. The molecular weight excluding hydrogens is 403 g/mol. The summed E-state index contributed by atoms with van der Waals surface area (Å²) in [6.45, 7) is 2.40. The normalized spacial score (nSPS) is 17.7. The molecule has 3 aliphatic rings. The van der Waals surface area contributed by atoms with Gasteiger partial charge in [0.15, 0.2) is 0 Å². The van der Waals surface area contributed by atoms with Crippen LogP contribution in [0.25, 0.3) is 11.4 Å². The highest BCUT2D eigenvalue weighted by Gasteiger charge is 2.37. The van der Waals surface area contributed by atoms with Gasteiger partial charge in [-0.15, -0.1) is 0 Å². The van der Waals surface area contributed by atoms with E-state index in [0.29, 0.717) is 36.5 Å². The number of hydrogen-bond donors (Lipinski definition) is 1. The molecule has 4 nitrogen and oxygen atoms in total. The first kappa shape index (κ1) is 20.2. The first-order valence-corrected chi connectivity index (χ1v) is 9.82. The Hall–Kier alpha value is -2.09. The number of aliphatic hydroxyl groups is 1. The fourth-order valence-electron chi connectivity index (χ4n) is 3.82. The fraction of sp³-hybridized carbons (Fsp3) is 0.381. The third kappa shape index (κ3) is 4.57. The Morgan fingerprint density at radius 1 is 1.10 bits per heavy atom. The first-order valence-electron chi connectivity index (χ1n) is 9.44. The predicted molar refractivity (Wildman–Crippen MR) is 105 cm³/mol. The Morgan fingerprint density at radius 3 is 2.45 bits per heavy atom. The van der Waals surface area contributed by atoms with Crippen molar-refractivity contribution >= 4 is 11.6 Å². The SMILES string of the molecule is OC1(Cn2cccc3cc(C(F)(F)F)nc2-3)CCN(Cc2ccc(Cl)cc2)CC1. The highest BCUT2D eigenvalue weighted by atomic mass is 35.5. The summed E-state index contributed by atoms with van der Waals surface area (Å²) in [4.78, 5) is 6.02. The molecule has 3 heterocycles. The number of nitrogens with zero attached hydrogens (tertiary/aromatic N) is 3. The molecule has 0 aromatic heterocycles. The number of halogens is 4. The van der Waals surface area contributed by atoms with Crippen LogP contribution in [0.2, 0.25) is 5.02 Å². The van der Waals surface area contributed by atoms with Gasteiger partial charge in [0.25, 0.3) is 0 Å². The Morgan fingerprint density at radius 2 is 1.79 bits per heavy atom. The molecule has 0 radical (unpaired) electrons. The van der Waals surface area contributed by atoms with Crippen molar-refractivity contribution in [2.45, 2.75) is 37.7 Å². The van der Waals surface area contributed by atoms with Crippen molar-refractivity contribution in [3.8, 4) is 11.4 Å². The lowest BCUT2D eigenvalue weighted by Gasteiger charge is -2.39. The standard InChI is InChI=1S/C21H21ClF3N3O/c22-17-5-3-15(4-6-17)13-27-10-7-20(29,8-11-27)14-28-9-1-2-16-12-18(21(23,24)25)26-19(16)28/h1-6,9,12,29H,7-8,10-11,13-14H2. The number of fused-ring (bicyclic) bond motifs is 1. The second kappa shape index (κ2) is 7.63. The largest absolute Gasteiger partial charge is 0.433 e. The van der Waals surface area contributed by atoms with Crippen molar-refractivity contribution in [2.24, 2.45) is 0 Å². The molecule has 4 rings (SSSR count). The smallest absolute Gasteiger partial charge is 0.388 e. The minimum Gasteiger partial charge on any atom is -0.388 e. The van der Waals surface area contributed by atoms with E-state index in [2.05, 4.69) is 9.88 Å². The maximum absolute atomic E-state index is 13.0. The second-order valence-electron chi connectivity index (χ2n) is 7.68. The van der Waals surface area contributed by atoms with E-state index in [9.17, 15) is 18.3 Å². The average Bonchev–Trinajstić information content (AvgIpc) is 3.12. The Balaban J connectivity index is 1.44. The maximum atomic E-state index is 13.0. The van der Waals surface area contributed by atoms with Crippen molar-refractivity contribution in [1.29, 1.82) is 0 Å². The van der Waals surface area contributed by atoms with Crippen molar-refractivity contribution in [2.75, 3.05) is 13.1 Å². The summed E-state index contributed by atoms with van der Waals surface area (Å²) in [6, 6.07) is 12.0. The number of rotatable bonds is 4. The lowest BCUT2D eigenvalue weighted by atomic mass is 9.90. The van der Waals surface area contributed by atoms with E-state index in [-0.39, 0.29) is 12.4 Å². The van der Waals surface area contributed by atoms with Crippen LogP contribution in [0.4, 0.5) is 13.2 Å². The molecule has 0 atom stereocenters. The molecule has 0 saturated carbocycles. The summed E-state index contributed by atoms with van der Waals surface area (Å²) in [5.41, 5.74) is -0.312. The lowest BCUT2D eigenvalue weighted by molar-refractivity contribution is -0.140. The average molecular weight is 424 g/mol. The summed E-state index contributed by atoms with van der Waals surface area (Å²) >= 11 is 5.92. The van der Waals surface area contributed by atoms with Crippen LogP contribution in [0, 0.1) is 0 Å². The Labute approximate surface area is 171 Å². The van der Waals surface area contributed by atoms with Crippen LogP contribution in [0.1, 0.15) is 24.1 Å². The number of likely N-dealkylation sites (tertiary alicyclic amines) is 1. The van der Waals surface area contributed by atoms with Gasteiger partial charge in [-0.3, -0.25) is 4.90 Å². The van der Waals surface area contributed by atoms with Crippen LogP contribution in [0.3, 0.4) is 0 Å². The fourth-order valence-corrected chi connectivity index (χ4v) is 3.95. The number of hydrogen-bond acceptors (Lipinski definition) is 3. The molecule has 29 heavy (non-hydrogen) atoms. The molecule has 1 N–H and O–H groups in total. The van der Waals surface area contributed by atoms with E-state index in [1.807, 2.05) is 24.3 Å². The van der Waals surface area contributed by atoms with Crippen LogP contribution in [0.15, 0.2) is 48.7 Å². The number of benzene rings is 1. The molecule has 0 aliphatic carbocycles. The molecule has 0 unspecified atom stereocenters. The molecule has 1 saturated heterocycles. The summed E-state index contributed by atoms with van der Waals surface area (Å²) in [7, 11) is 0. The number of aromatic nitrogens is 2. The second-order valence-corrected chi connectivity index (χ2v) is 8.12. The van der Waals surface area contributed by atoms with Gasteiger partial charge in [0.2, 0.25) is 0 Å². The van der Waals surface area contributed by atoms with E-state index in [4.69, 9.17) is 11.6 Å². The van der Waals surface area contributed by atoms with Gasteiger partial charge in [-0.2, -0.15) is 13.2 Å². The summed E-state index contributed by atoms with van der Waals surface area (Å²) in [5.74, 6) is 0.247. The minimum absolute atomic E-state index is 0.216. The van der Waals surface area contributed by atoms with Crippen molar-refractivity contribution < 1.29 is 18.3 Å². The zero-order chi connectivity index (χ0) is 20.6. The van der Waals surface area contributed by atoms with Crippen LogP contribution >= 0.6 is 11.6 Å². The van der Waals surface area contributed by atoms with Gasteiger partial charge in [0, 0.05) is 36.4 Å². The van der Waals surface area contributed by atoms with Crippen LogP contribution in [-0.2, 0) is 19.3 Å². The van der Waals surface area contributed by atoms with Gasteiger partial charge in [-0.1, -0.05) is 23.7 Å². The molecule has 3 aliphatic heterocycles. The zero-order valence-electron chi connectivity index (χ0n) is 15.7. The first-order chi connectivity index (χ1) is 13.7. The van der Waals surface area contributed by atoms with Gasteiger partial charge in [0.1, 0.15) is 11.5 Å². The van der Waals surface area contributed by atoms with E-state index in [0.717, 1.165) is 18.2 Å².